The summed E-state index contributed by atoms with van der Waals surface area (Å²) >= 11 is 0. The highest BCUT2D eigenvalue weighted by atomic mass is 19.4. The molecule has 6 heteroatoms. The topological polar surface area (TPSA) is 48.1 Å². The molecule has 0 aliphatic carbocycles. The minimum Gasteiger partial charge on any atom is -0.372 e. The van der Waals surface area contributed by atoms with Gasteiger partial charge in [0.25, 0.3) is 0 Å². The van der Waals surface area contributed by atoms with Crippen molar-refractivity contribution in [2.24, 2.45) is 5.73 Å². The molecule has 0 saturated carbocycles. The maximum atomic E-state index is 12.0. The lowest BCUT2D eigenvalue weighted by molar-refractivity contribution is -0.139. The number of pyridine rings is 1. The van der Waals surface area contributed by atoms with E-state index in [1.807, 2.05) is 13.0 Å². The standard InChI is InChI=1S/C13H19F3N2O/c1-2-11(17)12(10-5-3-7-18-9-10)19-8-4-6-13(14,15)16/h3,5,7,9,11-12H,2,4,6,8,17H2,1H3. The van der Waals surface area contributed by atoms with Crippen LogP contribution in [0.25, 0.3) is 0 Å². The predicted octanol–water partition coefficient (Wildman–Crippen LogP) is 3.22. The molecule has 0 bridgehead atoms. The van der Waals surface area contributed by atoms with Gasteiger partial charge in [0.05, 0.1) is 6.10 Å². The predicted molar refractivity (Wildman–Crippen MR) is 66.5 cm³/mol. The molecule has 2 N–H and O–H groups in total. The maximum absolute atomic E-state index is 12.0. The molecule has 0 amide bonds. The van der Waals surface area contributed by atoms with E-state index >= 15 is 0 Å². The van der Waals surface area contributed by atoms with Crippen LogP contribution in [0, 0.1) is 0 Å². The third-order valence-electron chi connectivity index (χ3n) is 2.78. The summed E-state index contributed by atoms with van der Waals surface area (Å²) in [5, 5.41) is 0. The molecular weight excluding hydrogens is 257 g/mol. The Kier molecular flexibility index (Phi) is 6.24. The summed E-state index contributed by atoms with van der Waals surface area (Å²) in [6.07, 6.45) is -1.51. The van der Waals surface area contributed by atoms with Crippen molar-refractivity contribution in [3.05, 3.63) is 30.1 Å². The van der Waals surface area contributed by atoms with Crippen LogP contribution in [-0.4, -0.2) is 23.8 Å². The molecule has 1 aromatic heterocycles. The summed E-state index contributed by atoms with van der Waals surface area (Å²) in [6.45, 7) is 1.94. The molecule has 1 aromatic rings. The summed E-state index contributed by atoms with van der Waals surface area (Å²) in [6, 6.07) is 3.32. The number of nitrogens with zero attached hydrogens (tertiary/aromatic N) is 1. The van der Waals surface area contributed by atoms with Crippen LogP contribution in [0.1, 0.15) is 37.9 Å². The first-order valence-electron chi connectivity index (χ1n) is 6.28. The fraction of sp³-hybridized carbons (Fsp3) is 0.615. The maximum Gasteiger partial charge on any atom is 0.389 e. The van der Waals surface area contributed by atoms with Crippen LogP contribution in [0.3, 0.4) is 0 Å². The van der Waals surface area contributed by atoms with Crippen LogP contribution < -0.4 is 5.73 Å². The van der Waals surface area contributed by atoms with Crippen molar-refractivity contribution in [2.75, 3.05) is 6.61 Å². The van der Waals surface area contributed by atoms with Gasteiger partial charge in [-0.25, -0.2) is 0 Å². The molecule has 0 aliphatic heterocycles. The van der Waals surface area contributed by atoms with Crippen LogP contribution in [0.2, 0.25) is 0 Å². The van der Waals surface area contributed by atoms with Gasteiger partial charge in [0, 0.05) is 37.0 Å². The lowest BCUT2D eigenvalue weighted by Gasteiger charge is -2.23. The normalized spacial score (nSPS) is 15.2. The first-order chi connectivity index (χ1) is 8.94. The average molecular weight is 276 g/mol. The Bertz CT molecular complexity index is 357. The van der Waals surface area contributed by atoms with Crippen LogP contribution in [0.4, 0.5) is 13.2 Å². The van der Waals surface area contributed by atoms with Gasteiger partial charge in [-0.05, 0) is 18.9 Å². The highest BCUT2D eigenvalue weighted by Gasteiger charge is 2.27. The van der Waals surface area contributed by atoms with Crippen molar-refractivity contribution in [3.8, 4) is 0 Å². The van der Waals surface area contributed by atoms with Crippen molar-refractivity contribution in [1.29, 1.82) is 0 Å². The van der Waals surface area contributed by atoms with E-state index in [9.17, 15) is 13.2 Å². The minimum absolute atomic E-state index is 0.0345. The molecule has 0 spiro atoms. The molecule has 0 radical (unpaired) electrons. The van der Waals surface area contributed by atoms with E-state index in [0.717, 1.165) is 5.56 Å². The van der Waals surface area contributed by atoms with Gasteiger partial charge in [-0.3, -0.25) is 4.98 Å². The molecule has 0 saturated heterocycles. The van der Waals surface area contributed by atoms with Gasteiger partial charge in [-0.2, -0.15) is 13.2 Å². The zero-order chi connectivity index (χ0) is 14.3. The van der Waals surface area contributed by atoms with E-state index in [2.05, 4.69) is 4.98 Å². The fourth-order valence-electron chi connectivity index (χ4n) is 1.71. The number of alkyl halides is 3. The summed E-state index contributed by atoms with van der Waals surface area (Å²) in [5.74, 6) is 0. The minimum atomic E-state index is -4.14. The Hall–Kier alpha value is -1.14. The molecular formula is C13H19F3N2O. The Labute approximate surface area is 111 Å². The summed E-state index contributed by atoms with van der Waals surface area (Å²) < 4.78 is 41.6. The van der Waals surface area contributed by atoms with E-state index in [4.69, 9.17) is 10.5 Å². The molecule has 0 fully saturated rings. The number of ether oxygens (including phenoxy) is 1. The molecule has 0 aromatic carbocycles. The molecule has 3 nitrogen and oxygen atoms in total. The Balaban J connectivity index is 2.52. The second kappa shape index (κ2) is 7.45. The van der Waals surface area contributed by atoms with E-state index in [1.165, 1.54) is 0 Å². The number of rotatable bonds is 7. The molecule has 2 atom stereocenters. The summed E-state index contributed by atoms with van der Waals surface area (Å²) in [4.78, 5) is 3.97. The quantitative estimate of drug-likeness (QED) is 0.778. The molecule has 19 heavy (non-hydrogen) atoms. The monoisotopic (exact) mass is 276 g/mol. The number of hydrogen-bond acceptors (Lipinski definition) is 3. The highest BCUT2D eigenvalue weighted by molar-refractivity contribution is 5.14. The number of nitrogens with two attached hydrogens (primary N) is 1. The van der Waals surface area contributed by atoms with Gasteiger partial charge < -0.3 is 10.5 Å². The van der Waals surface area contributed by atoms with E-state index < -0.39 is 18.7 Å². The van der Waals surface area contributed by atoms with Crippen molar-refractivity contribution >= 4 is 0 Å². The van der Waals surface area contributed by atoms with Crippen molar-refractivity contribution in [3.63, 3.8) is 0 Å². The van der Waals surface area contributed by atoms with Crippen LogP contribution in [-0.2, 0) is 4.74 Å². The molecule has 1 rings (SSSR count). The zero-order valence-corrected chi connectivity index (χ0v) is 10.9. The van der Waals surface area contributed by atoms with Gasteiger partial charge in [0.1, 0.15) is 0 Å². The third-order valence-corrected chi connectivity index (χ3v) is 2.78. The third kappa shape index (κ3) is 6.02. The smallest absolute Gasteiger partial charge is 0.372 e. The highest BCUT2D eigenvalue weighted by Crippen LogP contribution is 2.24. The van der Waals surface area contributed by atoms with E-state index in [1.54, 1.807) is 18.5 Å². The number of hydrogen-bond donors (Lipinski definition) is 1. The van der Waals surface area contributed by atoms with Crippen molar-refractivity contribution in [2.45, 2.75) is 44.5 Å². The second-order valence-corrected chi connectivity index (χ2v) is 4.37. The van der Waals surface area contributed by atoms with Gasteiger partial charge in [-0.15, -0.1) is 0 Å². The Morgan fingerprint density at radius 3 is 2.68 bits per heavy atom. The van der Waals surface area contributed by atoms with E-state index in [0.29, 0.717) is 6.42 Å². The summed E-state index contributed by atoms with van der Waals surface area (Å²) in [5.41, 5.74) is 6.74. The van der Waals surface area contributed by atoms with Gasteiger partial charge in [0.2, 0.25) is 0 Å². The first-order valence-corrected chi connectivity index (χ1v) is 6.28. The lowest BCUT2D eigenvalue weighted by atomic mass is 10.0. The Morgan fingerprint density at radius 1 is 1.42 bits per heavy atom. The Morgan fingerprint density at radius 2 is 2.16 bits per heavy atom. The van der Waals surface area contributed by atoms with Crippen LogP contribution in [0.5, 0.6) is 0 Å². The number of halogens is 3. The molecule has 0 aliphatic rings. The molecule has 2 unspecified atom stereocenters. The van der Waals surface area contributed by atoms with Crippen molar-refractivity contribution < 1.29 is 17.9 Å². The van der Waals surface area contributed by atoms with Crippen molar-refractivity contribution in [1.82, 2.24) is 4.98 Å². The first kappa shape index (κ1) is 15.9. The van der Waals surface area contributed by atoms with E-state index in [-0.39, 0.29) is 19.1 Å². The largest absolute Gasteiger partial charge is 0.389 e. The lowest BCUT2D eigenvalue weighted by Crippen LogP contribution is -2.30. The van der Waals surface area contributed by atoms with Gasteiger partial charge in [-0.1, -0.05) is 13.0 Å². The molecule has 1 heterocycles. The molecule has 108 valence electrons. The second-order valence-electron chi connectivity index (χ2n) is 4.37. The SMILES string of the molecule is CCC(N)C(OCCCC(F)(F)F)c1cccnc1. The van der Waals surface area contributed by atoms with Gasteiger partial charge >= 0.3 is 6.18 Å². The van der Waals surface area contributed by atoms with Crippen LogP contribution in [0.15, 0.2) is 24.5 Å². The fourth-order valence-corrected chi connectivity index (χ4v) is 1.71. The average Bonchev–Trinajstić information content (AvgIpc) is 2.38. The summed E-state index contributed by atoms with van der Waals surface area (Å²) in [7, 11) is 0. The zero-order valence-electron chi connectivity index (χ0n) is 10.9. The van der Waals surface area contributed by atoms with Crippen LogP contribution >= 0.6 is 0 Å². The number of aromatic nitrogens is 1. The van der Waals surface area contributed by atoms with Gasteiger partial charge in [0.15, 0.2) is 0 Å².